The van der Waals surface area contributed by atoms with Gasteiger partial charge in [-0.2, -0.15) is 0 Å². The summed E-state index contributed by atoms with van der Waals surface area (Å²) in [7, 11) is -5.18. The van der Waals surface area contributed by atoms with Gasteiger partial charge in [0.05, 0.1) is 0 Å². The van der Waals surface area contributed by atoms with Crippen LogP contribution in [-0.4, -0.2) is 29.2 Å². The first kappa shape index (κ1) is 27.1. The molecule has 2 unspecified atom stereocenters. The molecule has 0 bridgehead atoms. The standard InChI is InChI=1S/C18H36O.H2O4S2/c1-2-3-4-5-6-7-8-9-10-11-12-13-14-15-16-17-18-19;1-5(2)6(3)4/h9-10,19H,2-8,11-18H2,1H3;(H,1,2)(H,3,4)/b10-9-;. The quantitative estimate of drug-likeness (QED) is 0.141. The van der Waals surface area contributed by atoms with E-state index in [-0.39, 0.29) is 0 Å². The third kappa shape index (κ3) is 29.0. The van der Waals surface area contributed by atoms with Gasteiger partial charge < -0.3 is 5.11 Å². The molecule has 0 rings (SSSR count). The number of unbranched alkanes of at least 4 members (excludes halogenated alkanes) is 12. The van der Waals surface area contributed by atoms with E-state index >= 15 is 0 Å². The summed E-state index contributed by atoms with van der Waals surface area (Å²) in [5.74, 6) is 0. The fourth-order valence-electron chi connectivity index (χ4n) is 2.36. The van der Waals surface area contributed by atoms with Crippen LogP contribution in [0.1, 0.15) is 96.8 Å². The van der Waals surface area contributed by atoms with Gasteiger partial charge in [-0.25, -0.2) is 8.42 Å². The average Bonchev–Trinajstić information content (AvgIpc) is 2.59. The zero-order valence-corrected chi connectivity index (χ0v) is 17.4. The van der Waals surface area contributed by atoms with Gasteiger partial charge in [-0.05, 0) is 32.1 Å². The predicted octanol–water partition coefficient (Wildman–Crippen LogP) is 5.36. The second-order valence-electron chi connectivity index (χ2n) is 6.10. The van der Waals surface area contributed by atoms with Crippen LogP contribution in [0.3, 0.4) is 0 Å². The molecular weight excluding hydrogens is 360 g/mol. The molecule has 5 nitrogen and oxygen atoms in total. The molecule has 25 heavy (non-hydrogen) atoms. The SMILES string of the molecule is CCCCCCCC/C=C\CCCCCCCCO.O=S(O)S(=O)O. The van der Waals surface area contributed by atoms with Gasteiger partial charge in [-0.15, -0.1) is 0 Å². The van der Waals surface area contributed by atoms with Crippen LogP contribution in [0.5, 0.6) is 0 Å². The lowest BCUT2D eigenvalue weighted by molar-refractivity contribution is 0.282. The highest BCUT2D eigenvalue weighted by Gasteiger charge is 1.95. The van der Waals surface area contributed by atoms with Crippen molar-refractivity contribution in [3.8, 4) is 0 Å². The smallest absolute Gasteiger partial charge is 0.274 e. The highest BCUT2D eigenvalue weighted by molar-refractivity contribution is 8.56. The third-order valence-electron chi connectivity index (χ3n) is 3.79. The summed E-state index contributed by atoms with van der Waals surface area (Å²) in [6.07, 6.45) is 23.2. The fraction of sp³-hybridized carbons (Fsp3) is 0.889. The van der Waals surface area contributed by atoms with E-state index < -0.39 is 20.2 Å². The normalized spacial score (nSPS) is 13.4. The van der Waals surface area contributed by atoms with Gasteiger partial charge in [0.2, 0.25) is 0 Å². The molecule has 0 aromatic heterocycles. The first-order valence-electron chi connectivity index (χ1n) is 9.54. The summed E-state index contributed by atoms with van der Waals surface area (Å²) < 4.78 is 33.6. The second kappa shape index (κ2) is 23.9. The molecule has 0 radical (unpaired) electrons. The number of hydrogen-bond donors (Lipinski definition) is 3. The molecule has 7 heteroatoms. The van der Waals surface area contributed by atoms with E-state index in [0.717, 1.165) is 6.42 Å². The van der Waals surface area contributed by atoms with Crippen LogP contribution in [0.15, 0.2) is 12.2 Å². The molecule has 0 saturated heterocycles. The summed E-state index contributed by atoms with van der Waals surface area (Å²) in [6, 6.07) is 0. The monoisotopic (exact) mass is 398 g/mol. The second-order valence-corrected chi connectivity index (χ2v) is 8.68. The molecule has 0 aliphatic heterocycles. The summed E-state index contributed by atoms with van der Waals surface area (Å²) in [6.45, 7) is 2.64. The zero-order valence-electron chi connectivity index (χ0n) is 15.7. The lowest BCUT2D eigenvalue weighted by Gasteiger charge is -1.99. The maximum Gasteiger partial charge on any atom is 0.274 e. The van der Waals surface area contributed by atoms with Crippen LogP contribution in [0.25, 0.3) is 0 Å². The van der Waals surface area contributed by atoms with Crippen molar-refractivity contribution in [2.75, 3.05) is 6.61 Å². The Morgan fingerprint density at radius 1 is 0.640 bits per heavy atom. The van der Waals surface area contributed by atoms with Crippen molar-refractivity contribution in [2.45, 2.75) is 96.8 Å². The number of rotatable bonds is 16. The Morgan fingerprint density at radius 2 is 1.00 bits per heavy atom. The van der Waals surface area contributed by atoms with Crippen LogP contribution in [0.4, 0.5) is 0 Å². The molecule has 0 spiro atoms. The van der Waals surface area contributed by atoms with E-state index in [0.29, 0.717) is 6.61 Å². The minimum Gasteiger partial charge on any atom is -0.396 e. The van der Waals surface area contributed by atoms with Gasteiger partial charge in [-0.1, -0.05) is 76.9 Å². The molecule has 3 N–H and O–H groups in total. The molecule has 0 amide bonds. The van der Waals surface area contributed by atoms with Crippen molar-refractivity contribution in [1.29, 1.82) is 0 Å². The van der Waals surface area contributed by atoms with Crippen LogP contribution in [0, 0.1) is 0 Å². The number of hydrogen-bond acceptors (Lipinski definition) is 3. The average molecular weight is 399 g/mol. The molecule has 0 aromatic carbocycles. The molecule has 0 fully saturated rings. The molecule has 0 heterocycles. The predicted molar refractivity (Wildman–Crippen MR) is 108 cm³/mol. The highest BCUT2D eigenvalue weighted by atomic mass is 33.2. The van der Waals surface area contributed by atoms with Gasteiger partial charge in [0.1, 0.15) is 0 Å². The Kier molecular flexibility index (Phi) is 26.0. The fourth-order valence-corrected chi connectivity index (χ4v) is 2.36. The number of aliphatic hydroxyl groups is 1. The summed E-state index contributed by atoms with van der Waals surface area (Å²) in [4.78, 5) is 0. The van der Waals surface area contributed by atoms with Gasteiger partial charge in [0.25, 0.3) is 20.2 Å². The van der Waals surface area contributed by atoms with Crippen molar-refractivity contribution in [1.82, 2.24) is 0 Å². The maximum atomic E-state index is 9.26. The molecular formula is C18H38O5S2. The zero-order chi connectivity index (χ0) is 19.2. The van der Waals surface area contributed by atoms with Crippen molar-refractivity contribution in [3.05, 3.63) is 12.2 Å². The molecule has 0 saturated carbocycles. The van der Waals surface area contributed by atoms with Crippen LogP contribution in [-0.2, 0) is 20.2 Å². The summed E-state index contributed by atoms with van der Waals surface area (Å²) in [5, 5.41) is 8.66. The molecule has 152 valence electrons. The van der Waals surface area contributed by atoms with Crippen LogP contribution >= 0.6 is 0 Å². The Hall–Kier alpha value is -0.0800. The topological polar surface area (TPSA) is 94.8 Å². The lowest BCUT2D eigenvalue weighted by atomic mass is 10.1. The van der Waals surface area contributed by atoms with Crippen LogP contribution < -0.4 is 0 Å². The highest BCUT2D eigenvalue weighted by Crippen LogP contribution is 2.09. The minimum atomic E-state index is -2.59. The lowest BCUT2D eigenvalue weighted by Crippen LogP contribution is -1.93. The van der Waals surface area contributed by atoms with E-state index in [2.05, 4.69) is 19.1 Å². The van der Waals surface area contributed by atoms with E-state index in [1.807, 2.05) is 0 Å². The Balaban J connectivity index is 0. The van der Waals surface area contributed by atoms with Crippen molar-refractivity contribution in [3.63, 3.8) is 0 Å². The Labute approximate surface area is 158 Å². The van der Waals surface area contributed by atoms with Crippen molar-refractivity contribution >= 4 is 20.2 Å². The summed E-state index contributed by atoms with van der Waals surface area (Å²) in [5.41, 5.74) is 0. The molecule has 0 aliphatic carbocycles. The number of aliphatic hydroxyl groups excluding tert-OH is 1. The van der Waals surface area contributed by atoms with E-state index in [1.165, 1.54) is 83.5 Å². The van der Waals surface area contributed by atoms with Crippen molar-refractivity contribution < 1.29 is 22.6 Å². The Bertz CT molecular complexity index is 323. The number of allylic oxidation sites excluding steroid dienone is 2. The van der Waals surface area contributed by atoms with E-state index in [9.17, 15) is 8.42 Å². The van der Waals surface area contributed by atoms with E-state index in [4.69, 9.17) is 14.2 Å². The van der Waals surface area contributed by atoms with Gasteiger partial charge in [-0.3, -0.25) is 9.11 Å². The maximum absolute atomic E-state index is 9.26. The van der Waals surface area contributed by atoms with Gasteiger partial charge in [0, 0.05) is 6.61 Å². The Morgan fingerprint density at radius 3 is 1.36 bits per heavy atom. The van der Waals surface area contributed by atoms with Gasteiger partial charge in [0.15, 0.2) is 0 Å². The molecule has 0 aromatic rings. The van der Waals surface area contributed by atoms with E-state index in [1.54, 1.807) is 0 Å². The third-order valence-corrected chi connectivity index (χ3v) is 4.77. The largest absolute Gasteiger partial charge is 0.396 e. The van der Waals surface area contributed by atoms with Crippen molar-refractivity contribution in [2.24, 2.45) is 0 Å². The minimum absolute atomic E-state index is 0.362. The summed E-state index contributed by atoms with van der Waals surface area (Å²) >= 11 is 0. The molecule has 0 aliphatic rings. The first-order valence-corrected chi connectivity index (χ1v) is 12.3. The van der Waals surface area contributed by atoms with Crippen LogP contribution in [0.2, 0.25) is 0 Å². The van der Waals surface area contributed by atoms with Gasteiger partial charge >= 0.3 is 0 Å². The first-order chi connectivity index (χ1) is 12.1. The molecule has 2 atom stereocenters.